The van der Waals surface area contributed by atoms with Gasteiger partial charge in [-0.1, -0.05) is 12.1 Å². The molecule has 2 rings (SSSR count). The van der Waals surface area contributed by atoms with Crippen molar-refractivity contribution in [3.05, 3.63) is 24.3 Å². The smallest absolute Gasteiger partial charge is 0.244 e. The molecule has 1 aliphatic heterocycles. The minimum Gasteiger partial charge on any atom is -0.492 e. The molecule has 4 heteroatoms. The zero-order chi connectivity index (χ0) is 12.3. The second-order valence-corrected chi connectivity index (χ2v) is 4.02. The number of benzene rings is 1. The predicted octanol–water partition coefficient (Wildman–Crippen LogP) is 1.41. The van der Waals surface area contributed by atoms with Crippen LogP contribution in [0.1, 0.15) is 13.3 Å². The first-order chi connectivity index (χ1) is 8.27. The van der Waals surface area contributed by atoms with Crippen LogP contribution in [0.25, 0.3) is 0 Å². The van der Waals surface area contributed by atoms with Crippen LogP contribution in [-0.2, 0) is 4.79 Å². The average molecular weight is 234 g/mol. The molecule has 0 radical (unpaired) electrons. The molecule has 1 N–H and O–H groups in total. The Morgan fingerprint density at radius 2 is 2.24 bits per heavy atom. The quantitative estimate of drug-likeness (QED) is 0.856. The molecular weight excluding hydrogens is 216 g/mol. The molecule has 0 spiro atoms. The van der Waals surface area contributed by atoms with Gasteiger partial charge in [0.15, 0.2) is 0 Å². The number of rotatable bonds is 4. The van der Waals surface area contributed by atoms with Crippen LogP contribution in [0, 0.1) is 0 Å². The van der Waals surface area contributed by atoms with Crippen LogP contribution in [0.4, 0.5) is 5.69 Å². The Balaban J connectivity index is 2.25. The topological polar surface area (TPSA) is 41.6 Å². The van der Waals surface area contributed by atoms with E-state index in [9.17, 15) is 4.79 Å². The average Bonchev–Trinajstić information content (AvgIpc) is 2.72. The molecule has 1 atom stereocenters. The standard InChI is InChI=1S/C13H18N2O2/c1-3-17-12-7-5-4-6-11(12)15-9-8-10(14-2)13(15)16/h4-7,10,14H,3,8-9H2,1-2H3. The Kier molecular flexibility index (Phi) is 3.64. The molecule has 1 saturated heterocycles. The van der Waals surface area contributed by atoms with Gasteiger partial charge in [-0.15, -0.1) is 0 Å². The maximum Gasteiger partial charge on any atom is 0.244 e. The van der Waals surface area contributed by atoms with Crippen LogP contribution in [0.3, 0.4) is 0 Å². The minimum atomic E-state index is -0.0651. The van der Waals surface area contributed by atoms with Gasteiger partial charge in [0.1, 0.15) is 5.75 Å². The molecule has 1 aliphatic rings. The van der Waals surface area contributed by atoms with Crippen LogP contribution in [0.2, 0.25) is 0 Å². The summed E-state index contributed by atoms with van der Waals surface area (Å²) in [7, 11) is 1.82. The Morgan fingerprint density at radius 1 is 1.47 bits per heavy atom. The van der Waals surface area contributed by atoms with Gasteiger partial charge in [-0.05, 0) is 32.5 Å². The van der Waals surface area contributed by atoms with Crippen molar-refractivity contribution in [1.29, 1.82) is 0 Å². The van der Waals surface area contributed by atoms with E-state index in [2.05, 4.69) is 5.32 Å². The third-order valence-electron chi connectivity index (χ3n) is 3.01. The van der Waals surface area contributed by atoms with E-state index in [1.54, 1.807) is 4.90 Å². The number of para-hydroxylation sites is 2. The van der Waals surface area contributed by atoms with Gasteiger partial charge >= 0.3 is 0 Å². The fourth-order valence-electron chi connectivity index (χ4n) is 2.14. The monoisotopic (exact) mass is 234 g/mol. The van der Waals surface area contributed by atoms with Crippen molar-refractivity contribution < 1.29 is 9.53 Å². The molecule has 1 fully saturated rings. The SMILES string of the molecule is CCOc1ccccc1N1CCC(NC)C1=O. The molecule has 1 aromatic rings. The highest BCUT2D eigenvalue weighted by molar-refractivity contribution is 6.00. The molecule has 1 amide bonds. The molecular formula is C13H18N2O2. The first-order valence-corrected chi connectivity index (χ1v) is 5.98. The van der Waals surface area contributed by atoms with Gasteiger partial charge in [-0.3, -0.25) is 4.79 Å². The molecule has 0 aromatic heterocycles. The van der Waals surface area contributed by atoms with Crippen molar-refractivity contribution in [1.82, 2.24) is 5.32 Å². The summed E-state index contributed by atoms with van der Waals surface area (Å²) >= 11 is 0. The van der Waals surface area contributed by atoms with Gasteiger partial charge in [0, 0.05) is 6.54 Å². The highest BCUT2D eigenvalue weighted by Gasteiger charge is 2.32. The molecule has 92 valence electrons. The van der Waals surface area contributed by atoms with E-state index in [0.29, 0.717) is 6.61 Å². The number of nitrogens with zero attached hydrogens (tertiary/aromatic N) is 1. The molecule has 0 saturated carbocycles. The third kappa shape index (κ3) is 2.26. The fourth-order valence-corrected chi connectivity index (χ4v) is 2.14. The van der Waals surface area contributed by atoms with Crippen molar-refractivity contribution in [2.24, 2.45) is 0 Å². The number of ether oxygens (including phenoxy) is 1. The van der Waals surface area contributed by atoms with Crippen LogP contribution in [-0.4, -0.2) is 32.1 Å². The Labute approximate surface area is 102 Å². The molecule has 1 heterocycles. The number of hydrogen-bond donors (Lipinski definition) is 1. The van der Waals surface area contributed by atoms with Gasteiger partial charge < -0.3 is 15.0 Å². The zero-order valence-electron chi connectivity index (χ0n) is 10.3. The maximum absolute atomic E-state index is 12.1. The lowest BCUT2D eigenvalue weighted by molar-refractivity contribution is -0.118. The van der Waals surface area contributed by atoms with Gasteiger partial charge in [0.2, 0.25) is 5.91 Å². The summed E-state index contributed by atoms with van der Waals surface area (Å²) in [5, 5.41) is 3.03. The second kappa shape index (κ2) is 5.19. The second-order valence-electron chi connectivity index (χ2n) is 4.02. The highest BCUT2D eigenvalue weighted by atomic mass is 16.5. The number of carbonyl (C=O) groups excluding carboxylic acids is 1. The summed E-state index contributed by atoms with van der Waals surface area (Å²) in [6.45, 7) is 3.29. The Hall–Kier alpha value is -1.55. The summed E-state index contributed by atoms with van der Waals surface area (Å²) < 4.78 is 5.55. The molecule has 1 unspecified atom stereocenters. The van der Waals surface area contributed by atoms with Gasteiger partial charge in [0.05, 0.1) is 18.3 Å². The highest BCUT2D eigenvalue weighted by Crippen LogP contribution is 2.31. The van der Waals surface area contributed by atoms with Crippen LogP contribution < -0.4 is 15.0 Å². The largest absolute Gasteiger partial charge is 0.492 e. The number of likely N-dealkylation sites (N-methyl/N-ethyl adjacent to an activating group) is 1. The molecule has 4 nitrogen and oxygen atoms in total. The van der Waals surface area contributed by atoms with E-state index in [4.69, 9.17) is 4.74 Å². The van der Waals surface area contributed by atoms with Crippen molar-refractivity contribution in [3.63, 3.8) is 0 Å². The van der Waals surface area contributed by atoms with Crippen molar-refractivity contribution in [2.45, 2.75) is 19.4 Å². The third-order valence-corrected chi connectivity index (χ3v) is 3.01. The van der Waals surface area contributed by atoms with Crippen molar-refractivity contribution in [2.75, 3.05) is 25.1 Å². The summed E-state index contributed by atoms with van der Waals surface area (Å²) in [6, 6.07) is 7.62. The first kappa shape index (κ1) is 11.9. The molecule has 17 heavy (non-hydrogen) atoms. The molecule has 0 aliphatic carbocycles. The molecule has 0 bridgehead atoms. The summed E-state index contributed by atoms with van der Waals surface area (Å²) in [5.74, 6) is 0.903. The lowest BCUT2D eigenvalue weighted by Crippen LogP contribution is -2.36. The lowest BCUT2D eigenvalue weighted by Gasteiger charge is -2.20. The summed E-state index contributed by atoms with van der Waals surface area (Å²) in [6.07, 6.45) is 0.843. The Morgan fingerprint density at radius 3 is 2.88 bits per heavy atom. The zero-order valence-corrected chi connectivity index (χ0v) is 10.3. The number of hydrogen-bond acceptors (Lipinski definition) is 3. The predicted molar refractivity (Wildman–Crippen MR) is 67.4 cm³/mol. The maximum atomic E-state index is 12.1. The Bertz CT molecular complexity index is 406. The summed E-state index contributed by atoms with van der Waals surface area (Å²) in [4.78, 5) is 13.9. The number of amides is 1. The number of anilines is 1. The summed E-state index contributed by atoms with van der Waals surface area (Å²) in [5.41, 5.74) is 0.872. The van der Waals surface area contributed by atoms with Crippen LogP contribution >= 0.6 is 0 Å². The number of carbonyl (C=O) groups is 1. The van der Waals surface area contributed by atoms with Gasteiger partial charge in [-0.2, -0.15) is 0 Å². The molecule has 1 aromatic carbocycles. The van der Waals surface area contributed by atoms with E-state index in [1.807, 2.05) is 38.2 Å². The van der Waals surface area contributed by atoms with E-state index in [0.717, 1.165) is 24.4 Å². The van der Waals surface area contributed by atoms with Gasteiger partial charge in [0.25, 0.3) is 0 Å². The van der Waals surface area contributed by atoms with E-state index >= 15 is 0 Å². The lowest BCUT2D eigenvalue weighted by atomic mass is 10.2. The van der Waals surface area contributed by atoms with E-state index < -0.39 is 0 Å². The van der Waals surface area contributed by atoms with Crippen LogP contribution in [0.5, 0.6) is 5.75 Å². The number of nitrogens with one attached hydrogen (secondary N) is 1. The van der Waals surface area contributed by atoms with Crippen molar-refractivity contribution >= 4 is 11.6 Å². The van der Waals surface area contributed by atoms with E-state index in [-0.39, 0.29) is 11.9 Å². The first-order valence-electron chi connectivity index (χ1n) is 5.98. The fraction of sp³-hybridized carbons (Fsp3) is 0.462. The minimum absolute atomic E-state index is 0.0651. The van der Waals surface area contributed by atoms with E-state index in [1.165, 1.54) is 0 Å². The van der Waals surface area contributed by atoms with Gasteiger partial charge in [-0.25, -0.2) is 0 Å². The van der Waals surface area contributed by atoms with Crippen molar-refractivity contribution in [3.8, 4) is 5.75 Å². The normalized spacial score (nSPS) is 19.8. The van der Waals surface area contributed by atoms with Crippen LogP contribution in [0.15, 0.2) is 24.3 Å².